The van der Waals surface area contributed by atoms with E-state index in [2.05, 4.69) is 220 Å². The van der Waals surface area contributed by atoms with E-state index in [-0.39, 0.29) is 5.41 Å². The Labute approximate surface area is 344 Å². The molecule has 0 amide bonds. The molecule has 1 aliphatic carbocycles. The number of rotatable bonds is 4. The lowest BCUT2D eigenvalue weighted by Gasteiger charge is -2.22. The number of benzene rings is 11. The van der Waals surface area contributed by atoms with Crippen LogP contribution in [0.4, 0.5) is 0 Å². The van der Waals surface area contributed by atoms with E-state index in [0.717, 1.165) is 0 Å². The Morgan fingerprint density at radius 3 is 1.25 bits per heavy atom. The van der Waals surface area contributed by atoms with E-state index < -0.39 is 0 Å². The van der Waals surface area contributed by atoms with Crippen LogP contribution in [0.15, 0.2) is 206 Å². The van der Waals surface area contributed by atoms with E-state index in [9.17, 15) is 0 Å². The molecule has 0 fully saturated rings. The Hall–Kier alpha value is -7.28. The molecule has 0 heteroatoms. The Morgan fingerprint density at radius 2 is 0.678 bits per heavy atom. The SMILES string of the molecule is CC1(C)c2cc3ccccc3cc2-c2c(-c3ccc(-c4c5ccccc5c(-c5ccc(-c6cc7ccccc7c7ccccc67)cc5)c5ccccc45)cc3)cccc21. The van der Waals surface area contributed by atoms with Gasteiger partial charge in [-0.15, -0.1) is 0 Å². The molecule has 0 aromatic heterocycles. The molecule has 0 N–H and O–H groups in total. The molecule has 0 saturated heterocycles. The van der Waals surface area contributed by atoms with Crippen molar-refractivity contribution in [2.24, 2.45) is 0 Å². The summed E-state index contributed by atoms with van der Waals surface area (Å²) < 4.78 is 0. The fourth-order valence-corrected chi connectivity index (χ4v) is 10.4. The molecular formula is C59H40. The van der Waals surface area contributed by atoms with Crippen LogP contribution in [-0.4, -0.2) is 0 Å². The van der Waals surface area contributed by atoms with Gasteiger partial charge in [-0.3, -0.25) is 0 Å². The van der Waals surface area contributed by atoms with Crippen molar-refractivity contribution >= 4 is 53.9 Å². The average Bonchev–Trinajstić information content (AvgIpc) is 3.52. The first-order valence-corrected chi connectivity index (χ1v) is 20.8. The quantitative estimate of drug-likeness (QED) is 0.124. The molecular weight excluding hydrogens is 709 g/mol. The lowest BCUT2D eigenvalue weighted by Crippen LogP contribution is -2.14. The maximum atomic E-state index is 2.42. The number of hydrogen-bond donors (Lipinski definition) is 0. The zero-order chi connectivity index (χ0) is 39.2. The van der Waals surface area contributed by atoms with E-state index in [0.29, 0.717) is 0 Å². The molecule has 0 spiro atoms. The van der Waals surface area contributed by atoms with Gasteiger partial charge in [0, 0.05) is 5.41 Å². The van der Waals surface area contributed by atoms with Gasteiger partial charge in [0.05, 0.1) is 0 Å². The molecule has 11 aromatic rings. The highest BCUT2D eigenvalue weighted by Gasteiger charge is 2.37. The fraction of sp³-hybridized carbons (Fsp3) is 0.0508. The first-order chi connectivity index (χ1) is 29.0. The van der Waals surface area contributed by atoms with Gasteiger partial charge in [0.1, 0.15) is 0 Å². The summed E-state index contributed by atoms with van der Waals surface area (Å²) in [7, 11) is 0. The van der Waals surface area contributed by atoms with E-state index in [4.69, 9.17) is 0 Å². The van der Waals surface area contributed by atoms with E-state index in [1.807, 2.05) is 0 Å². The third-order valence-corrected chi connectivity index (χ3v) is 13.2. The summed E-state index contributed by atoms with van der Waals surface area (Å²) in [5.41, 5.74) is 15.5. The van der Waals surface area contributed by atoms with Crippen LogP contribution in [-0.2, 0) is 5.41 Å². The zero-order valence-corrected chi connectivity index (χ0v) is 33.1. The van der Waals surface area contributed by atoms with Crippen molar-refractivity contribution in [3.05, 3.63) is 217 Å². The third-order valence-electron chi connectivity index (χ3n) is 13.2. The second-order valence-electron chi connectivity index (χ2n) is 16.8. The predicted octanol–water partition coefficient (Wildman–Crippen LogP) is 16.4. The molecule has 0 atom stereocenters. The minimum atomic E-state index is -0.0740. The summed E-state index contributed by atoms with van der Waals surface area (Å²) in [6.07, 6.45) is 0. The van der Waals surface area contributed by atoms with Crippen molar-refractivity contribution in [1.82, 2.24) is 0 Å². The Morgan fingerprint density at radius 1 is 0.254 bits per heavy atom. The Bertz CT molecular complexity index is 3430. The summed E-state index contributed by atoms with van der Waals surface area (Å²) in [6.45, 7) is 4.75. The highest BCUT2D eigenvalue weighted by atomic mass is 14.4. The summed E-state index contributed by atoms with van der Waals surface area (Å²) in [4.78, 5) is 0. The molecule has 1 aliphatic rings. The molecule has 12 rings (SSSR count). The maximum absolute atomic E-state index is 2.42. The Kier molecular flexibility index (Phi) is 7.38. The smallest absolute Gasteiger partial charge is 0.0159 e. The summed E-state index contributed by atoms with van der Waals surface area (Å²) in [5, 5.41) is 12.8. The first kappa shape index (κ1) is 33.8. The van der Waals surface area contributed by atoms with Gasteiger partial charge in [0.15, 0.2) is 0 Å². The number of fused-ring (bicyclic) bond motifs is 9. The molecule has 59 heavy (non-hydrogen) atoms. The lowest BCUT2D eigenvalue weighted by molar-refractivity contribution is 0.661. The molecule has 0 saturated carbocycles. The second kappa shape index (κ2) is 12.9. The highest BCUT2D eigenvalue weighted by molar-refractivity contribution is 6.21. The number of hydrogen-bond acceptors (Lipinski definition) is 0. The van der Waals surface area contributed by atoms with E-state index in [1.54, 1.807) is 0 Å². The summed E-state index contributed by atoms with van der Waals surface area (Å²) in [5.74, 6) is 0. The van der Waals surface area contributed by atoms with Gasteiger partial charge < -0.3 is 0 Å². The average molecular weight is 749 g/mol. The van der Waals surface area contributed by atoms with Crippen LogP contribution in [0.1, 0.15) is 25.0 Å². The third kappa shape index (κ3) is 5.09. The topological polar surface area (TPSA) is 0 Å². The van der Waals surface area contributed by atoms with Crippen molar-refractivity contribution in [3.63, 3.8) is 0 Å². The van der Waals surface area contributed by atoms with Crippen molar-refractivity contribution in [1.29, 1.82) is 0 Å². The molecule has 0 bridgehead atoms. The van der Waals surface area contributed by atoms with Crippen LogP contribution in [0.2, 0.25) is 0 Å². The predicted molar refractivity (Wildman–Crippen MR) is 253 cm³/mol. The normalized spacial score (nSPS) is 13.1. The van der Waals surface area contributed by atoms with Crippen molar-refractivity contribution < 1.29 is 0 Å². The lowest BCUT2D eigenvalue weighted by atomic mass is 9.81. The zero-order valence-electron chi connectivity index (χ0n) is 33.1. The first-order valence-electron chi connectivity index (χ1n) is 20.8. The van der Waals surface area contributed by atoms with Gasteiger partial charge in [0.2, 0.25) is 0 Å². The van der Waals surface area contributed by atoms with Crippen LogP contribution in [0.25, 0.3) is 109 Å². The van der Waals surface area contributed by atoms with Crippen LogP contribution in [0, 0.1) is 0 Å². The highest BCUT2D eigenvalue weighted by Crippen LogP contribution is 2.53. The van der Waals surface area contributed by atoms with Gasteiger partial charge in [-0.05, 0) is 139 Å². The molecule has 0 heterocycles. The van der Waals surface area contributed by atoms with Crippen molar-refractivity contribution in [3.8, 4) is 55.6 Å². The largest absolute Gasteiger partial charge is 0.0616 e. The standard InChI is InChI=1S/C59H40/c1-59(2)54-25-13-24-45(58(54)53-34-41-14-3-4-15-42(41)36-55(53)59)37-26-30-39(31-27-37)56-48-20-9-11-22-50(48)57(51-23-12-10-21-49(51)56)40-32-28-38(29-33-40)52-35-43-16-5-6-17-44(43)46-18-7-8-19-47(46)52/h3-36H,1-2H3. The summed E-state index contributed by atoms with van der Waals surface area (Å²) >= 11 is 0. The van der Waals surface area contributed by atoms with Crippen molar-refractivity contribution in [2.45, 2.75) is 19.3 Å². The molecule has 0 unspecified atom stereocenters. The van der Waals surface area contributed by atoms with Gasteiger partial charge in [-0.2, -0.15) is 0 Å². The van der Waals surface area contributed by atoms with Gasteiger partial charge in [-0.1, -0.05) is 202 Å². The molecule has 276 valence electrons. The fourth-order valence-electron chi connectivity index (χ4n) is 10.4. The van der Waals surface area contributed by atoms with Crippen LogP contribution in [0.3, 0.4) is 0 Å². The Balaban J connectivity index is 0.981. The van der Waals surface area contributed by atoms with E-state index in [1.165, 1.54) is 121 Å². The molecule has 11 aromatic carbocycles. The van der Waals surface area contributed by atoms with Crippen molar-refractivity contribution in [2.75, 3.05) is 0 Å². The van der Waals surface area contributed by atoms with Crippen LogP contribution < -0.4 is 0 Å². The van der Waals surface area contributed by atoms with Crippen LogP contribution in [0.5, 0.6) is 0 Å². The summed E-state index contributed by atoms with van der Waals surface area (Å²) in [6, 6.07) is 76.9. The van der Waals surface area contributed by atoms with Gasteiger partial charge in [-0.25, -0.2) is 0 Å². The monoisotopic (exact) mass is 748 g/mol. The molecule has 0 aliphatic heterocycles. The molecule has 0 radical (unpaired) electrons. The van der Waals surface area contributed by atoms with E-state index >= 15 is 0 Å². The molecule has 0 nitrogen and oxygen atoms in total. The maximum Gasteiger partial charge on any atom is 0.0159 e. The van der Waals surface area contributed by atoms with Crippen LogP contribution >= 0.6 is 0 Å². The second-order valence-corrected chi connectivity index (χ2v) is 16.8. The minimum absolute atomic E-state index is 0.0740. The van der Waals surface area contributed by atoms with Gasteiger partial charge in [0.25, 0.3) is 0 Å². The van der Waals surface area contributed by atoms with Gasteiger partial charge >= 0.3 is 0 Å². The minimum Gasteiger partial charge on any atom is -0.0616 e.